The Morgan fingerprint density at radius 2 is 1.78 bits per heavy atom. The van der Waals surface area contributed by atoms with E-state index in [1.54, 1.807) is 0 Å². The highest BCUT2D eigenvalue weighted by molar-refractivity contribution is 5.68. The fraction of sp³-hybridized carbons (Fsp3) is 0.750. The molecular formula is C24H37N3. The number of para-hydroxylation sites is 1. The van der Waals surface area contributed by atoms with Crippen LogP contribution < -0.4 is 16.8 Å². The Morgan fingerprint density at radius 3 is 2.56 bits per heavy atom. The summed E-state index contributed by atoms with van der Waals surface area (Å²) in [7, 11) is 0. The Kier molecular flexibility index (Phi) is 4.42. The number of piperidine rings is 2. The second-order valence-corrected chi connectivity index (χ2v) is 10.6. The number of benzene rings is 1. The van der Waals surface area contributed by atoms with E-state index in [1.807, 2.05) is 6.07 Å². The van der Waals surface area contributed by atoms with Gasteiger partial charge in [-0.15, -0.1) is 0 Å². The molecule has 2 saturated carbocycles. The average Bonchev–Trinajstić information content (AvgIpc) is 2.62. The monoisotopic (exact) mass is 367 g/mol. The van der Waals surface area contributed by atoms with E-state index in [-0.39, 0.29) is 0 Å². The Balaban J connectivity index is 1.43. The molecule has 4 fully saturated rings. The quantitative estimate of drug-likeness (QED) is 0.639. The zero-order valence-corrected chi connectivity index (χ0v) is 16.9. The van der Waals surface area contributed by atoms with Gasteiger partial charge in [-0.25, -0.2) is 0 Å². The third-order valence-electron chi connectivity index (χ3n) is 8.62. The third kappa shape index (κ3) is 3.16. The molecule has 3 nitrogen and oxygen atoms in total. The van der Waals surface area contributed by atoms with Gasteiger partial charge >= 0.3 is 0 Å². The van der Waals surface area contributed by atoms with Crippen LogP contribution in [-0.2, 0) is 0 Å². The Morgan fingerprint density at radius 1 is 1.00 bits per heavy atom. The summed E-state index contributed by atoms with van der Waals surface area (Å²) in [4.78, 5) is 0. The molecule has 5 N–H and O–H groups in total. The van der Waals surface area contributed by atoms with E-state index in [0.29, 0.717) is 17.5 Å². The van der Waals surface area contributed by atoms with E-state index in [9.17, 15) is 0 Å². The van der Waals surface area contributed by atoms with Crippen LogP contribution in [0.4, 0.5) is 11.4 Å². The van der Waals surface area contributed by atoms with Gasteiger partial charge in [-0.2, -0.15) is 0 Å². The van der Waals surface area contributed by atoms with Gasteiger partial charge in [0.2, 0.25) is 0 Å². The molecular weight excluding hydrogens is 330 g/mol. The highest BCUT2D eigenvalue weighted by atomic mass is 15.1. The molecule has 1 aromatic carbocycles. The first kappa shape index (κ1) is 17.8. The maximum Gasteiger partial charge on any atom is 0.0583 e. The minimum absolute atomic E-state index is 0.348. The zero-order chi connectivity index (χ0) is 18.6. The maximum absolute atomic E-state index is 6.43. The van der Waals surface area contributed by atoms with Crippen LogP contribution in [0.15, 0.2) is 18.2 Å². The fourth-order valence-electron chi connectivity index (χ4n) is 7.74. The smallest absolute Gasteiger partial charge is 0.0583 e. The van der Waals surface area contributed by atoms with Crippen molar-refractivity contribution in [2.24, 2.45) is 23.7 Å². The molecule has 4 bridgehead atoms. The summed E-state index contributed by atoms with van der Waals surface area (Å²) in [5.41, 5.74) is 15.8. The number of hydrogen-bond acceptors (Lipinski definition) is 3. The molecule has 2 aliphatic carbocycles. The summed E-state index contributed by atoms with van der Waals surface area (Å²) in [5, 5.41) is 4.20. The molecule has 0 spiro atoms. The van der Waals surface area contributed by atoms with Crippen molar-refractivity contribution in [2.75, 3.05) is 11.5 Å². The summed E-state index contributed by atoms with van der Waals surface area (Å²) in [6.07, 6.45) is 13.9. The third-order valence-corrected chi connectivity index (χ3v) is 8.62. The molecule has 2 saturated heterocycles. The molecule has 5 atom stereocenters. The van der Waals surface area contributed by atoms with Crippen LogP contribution in [0.2, 0.25) is 0 Å². The lowest BCUT2D eigenvalue weighted by Gasteiger charge is -2.57. The van der Waals surface area contributed by atoms with Crippen molar-refractivity contribution in [3.8, 4) is 0 Å². The Bertz CT molecular complexity index is 683. The van der Waals surface area contributed by atoms with Gasteiger partial charge in [-0.3, -0.25) is 0 Å². The first-order valence-electron chi connectivity index (χ1n) is 11.4. The van der Waals surface area contributed by atoms with Gasteiger partial charge in [0.15, 0.2) is 0 Å². The number of fused-ring (bicyclic) bond motifs is 4. The predicted molar refractivity (Wildman–Crippen MR) is 113 cm³/mol. The molecule has 27 heavy (non-hydrogen) atoms. The van der Waals surface area contributed by atoms with Crippen LogP contribution in [0.1, 0.15) is 82.6 Å². The standard InChI is InChI=1S/C24H37N3/c1-15-8-16-10-17(9-15)12-19(11-16)24-7-3-4-20(27-24)13-18(14-24)21-5-2-6-22(25)23(21)26/h2,5-6,15-20,27H,3-4,7-14,25-26H2,1H3. The number of hydrogen-bond donors (Lipinski definition) is 3. The van der Waals surface area contributed by atoms with Gasteiger partial charge in [-0.1, -0.05) is 25.5 Å². The van der Waals surface area contributed by atoms with Gasteiger partial charge in [0.05, 0.1) is 11.4 Å². The van der Waals surface area contributed by atoms with Gasteiger partial charge in [0.25, 0.3) is 0 Å². The summed E-state index contributed by atoms with van der Waals surface area (Å²) >= 11 is 0. The van der Waals surface area contributed by atoms with Crippen LogP contribution in [0, 0.1) is 23.7 Å². The molecule has 1 aromatic rings. The number of anilines is 2. The van der Waals surface area contributed by atoms with Crippen molar-refractivity contribution in [1.29, 1.82) is 0 Å². The minimum atomic E-state index is 0.348. The van der Waals surface area contributed by atoms with Crippen molar-refractivity contribution >= 4 is 11.4 Å². The van der Waals surface area contributed by atoms with Crippen molar-refractivity contribution in [1.82, 2.24) is 5.32 Å². The highest BCUT2D eigenvalue weighted by Gasteiger charge is 2.50. The summed E-state index contributed by atoms with van der Waals surface area (Å²) in [6, 6.07) is 6.94. The first-order valence-corrected chi connectivity index (χ1v) is 11.4. The molecule has 4 aliphatic rings. The SMILES string of the molecule is CC1CC2CC(C1)CC(C13CCCC(CC(c4cccc(N)c4N)C1)N3)C2. The van der Waals surface area contributed by atoms with Crippen molar-refractivity contribution in [2.45, 2.75) is 88.6 Å². The lowest BCUT2D eigenvalue weighted by Crippen LogP contribution is -2.63. The Labute approximate surface area is 164 Å². The van der Waals surface area contributed by atoms with Gasteiger partial charge < -0.3 is 16.8 Å². The molecule has 0 aromatic heterocycles. The lowest BCUT2D eigenvalue weighted by atomic mass is 9.56. The zero-order valence-electron chi connectivity index (χ0n) is 16.9. The van der Waals surface area contributed by atoms with Crippen molar-refractivity contribution in [3.05, 3.63) is 23.8 Å². The topological polar surface area (TPSA) is 64.1 Å². The average molecular weight is 368 g/mol. The number of nitrogen functional groups attached to an aromatic ring is 2. The molecule has 0 amide bonds. The maximum atomic E-state index is 6.43. The van der Waals surface area contributed by atoms with E-state index in [1.165, 1.54) is 69.8 Å². The number of nitrogens with one attached hydrogen (secondary N) is 1. The summed E-state index contributed by atoms with van der Waals surface area (Å²) < 4.78 is 0. The van der Waals surface area contributed by atoms with E-state index in [4.69, 9.17) is 11.5 Å². The van der Waals surface area contributed by atoms with Crippen LogP contribution in [0.5, 0.6) is 0 Å². The van der Waals surface area contributed by atoms with Crippen molar-refractivity contribution < 1.29 is 0 Å². The molecule has 3 heteroatoms. The Hall–Kier alpha value is -1.22. The van der Waals surface area contributed by atoms with E-state index >= 15 is 0 Å². The number of rotatable bonds is 2. The molecule has 2 heterocycles. The molecule has 0 radical (unpaired) electrons. The predicted octanol–water partition coefficient (Wildman–Crippen LogP) is 5.07. The van der Waals surface area contributed by atoms with Crippen molar-refractivity contribution in [3.63, 3.8) is 0 Å². The molecule has 2 aliphatic heterocycles. The van der Waals surface area contributed by atoms with Crippen LogP contribution >= 0.6 is 0 Å². The van der Waals surface area contributed by atoms with E-state index in [0.717, 1.165) is 35.0 Å². The molecule has 5 unspecified atom stereocenters. The van der Waals surface area contributed by atoms with Crippen LogP contribution in [0.3, 0.4) is 0 Å². The van der Waals surface area contributed by atoms with E-state index in [2.05, 4.69) is 24.4 Å². The highest BCUT2D eigenvalue weighted by Crippen LogP contribution is 2.54. The van der Waals surface area contributed by atoms with Gasteiger partial charge in [0, 0.05) is 11.6 Å². The van der Waals surface area contributed by atoms with Crippen LogP contribution in [-0.4, -0.2) is 11.6 Å². The summed E-state index contributed by atoms with van der Waals surface area (Å²) in [5.74, 6) is 4.34. The molecule has 148 valence electrons. The normalized spacial score (nSPS) is 44.0. The molecule has 5 rings (SSSR count). The van der Waals surface area contributed by atoms with Crippen LogP contribution in [0.25, 0.3) is 0 Å². The fourth-order valence-corrected chi connectivity index (χ4v) is 7.74. The second kappa shape index (κ2) is 6.69. The van der Waals surface area contributed by atoms with E-state index < -0.39 is 0 Å². The second-order valence-electron chi connectivity index (χ2n) is 10.6. The van der Waals surface area contributed by atoms with Gasteiger partial charge in [-0.05, 0) is 99.0 Å². The van der Waals surface area contributed by atoms with Gasteiger partial charge in [0.1, 0.15) is 0 Å². The summed E-state index contributed by atoms with van der Waals surface area (Å²) in [6.45, 7) is 2.48. The minimum Gasteiger partial charge on any atom is -0.397 e. The first-order chi connectivity index (χ1) is 13.0. The number of nitrogens with two attached hydrogens (primary N) is 2. The largest absolute Gasteiger partial charge is 0.397 e. The lowest BCUT2D eigenvalue weighted by molar-refractivity contribution is 0.000934.